The van der Waals surface area contributed by atoms with Crippen LogP contribution in [-0.4, -0.2) is 67.6 Å². The smallest absolute Gasteiger partial charge is 0.191 e. The van der Waals surface area contributed by atoms with Gasteiger partial charge in [-0.25, -0.2) is 0 Å². The van der Waals surface area contributed by atoms with Gasteiger partial charge in [-0.05, 0) is 38.4 Å². The normalized spacial score (nSPS) is 24.9. The molecule has 1 aromatic rings. The Labute approximate surface area is 162 Å². The number of fused-ring (bicyclic) bond motifs is 1. The molecule has 2 N–H and O–H groups in total. The zero-order chi connectivity index (χ0) is 18.2. The van der Waals surface area contributed by atoms with Crippen LogP contribution >= 0.6 is 11.8 Å². The second-order valence-electron chi connectivity index (χ2n) is 7.09. The summed E-state index contributed by atoms with van der Waals surface area (Å²) in [6, 6.07) is 11.2. The highest BCUT2D eigenvalue weighted by Gasteiger charge is 2.32. The summed E-state index contributed by atoms with van der Waals surface area (Å²) in [7, 11) is 0. The third-order valence-corrected chi connectivity index (χ3v) is 5.99. The second kappa shape index (κ2) is 10.2. The first-order chi connectivity index (χ1) is 12.7. The molecule has 2 saturated heterocycles. The Hall–Kier alpha value is -1.24. The Bertz CT molecular complexity index is 568. The molecule has 0 spiro atoms. The lowest BCUT2D eigenvalue weighted by atomic mass is 10.2. The SMILES string of the molecule is CCNC(=NCC(C)Sc1ccccc1)NCC1CN2CCCC2CO1. The Balaban J connectivity index is 1.44. The summed E-state index contributed by atoms with van der Waals surface area (Å²) < 4.78 is 6.03. The van der Waals surface area contributed by atoms with E-state index in [9.17, 15) is 0 Å². The van der Waals surface area contributed by atoms with E-state index in [-0.39, 0.29) is 6.10 Å². The molecule has 0 aliphatic carbocycles. The number of nitrogens with one attached hydrogen (secondary N) is 2. The fourth-order valence-electron chi connectivity index (χ4n) is 3.55. The quantitative estimate of drug-likeness (QED) is 0.435. The summed E-state index contributed by atoms with van der Waals surface area (Å²) in [6.45, 7) is 9.94. The first kappa shape index (κ1) is 19.5. The van der Waals surface area contributed by atoms with Crippen LogP contribution in [0.3, 0.4) is 0 Å². The van der Waals surface area contributed by atoms with Gasteiger partial charge in [-0.3, -0.25) is 9.89 Å². The van der Waals surface area contributed by atoms with Gasteiger partial charge in [-0.15, -0.1) is 11.8 Å². The molecular formula is C20H32N4OS. The molecule has 26 heavy (non-hydrogen) atoms. The van der Waals surface area contributed by atoms with Gasteiger partial charge in [0.15, 0.2) is 5.96 Å². The molecule has 3 atom stereocenters. The summed E-state index contributed by atoms with van der Waals surface area (Å²) in [6.07, 6.45) is 2.86. The van der Waals surface area contributed by atoms with Crippen LogP contribution in [-0.2, 0) is 4.74 Å². The first-order valence-corrected chi connectivity index (χ1v) is 10.7. The van der Waals surface area contributed by atoms with Gasteiger partial charge in [-0.1, -0.05) is 25.1 Å². The van der Waals surface area contributed by atoms with Crippen molar-refractivity contribution in [1.82, 2.24) is 15.5 Å². The topological polar surface area (TPSA) is 48.9 Å². The van der Waals surface area contributed by atoms with Crippen LogP contribution in [0.5, 0.6) is 0 Å². The van der Waals surface area contributed by atoms with E-state index in [1.807, 2.05) is 11.8 Å². The van der Waals surface area contributed by atoms with Crippen molar-refractivity contribution in [2.24, 2.45) is 4.99 Å². The van der Waals surface area contributed by atoms with Gasteiger partial charge in [0.1, 0.15) is 0 Å². The maximum Gasteiger partial charge on any atom is 0.191 e. The van der Waals surface area contributed by atoms with E-state index < -0.39 is 0 Å². The monoisotopic (exact) mass is 376 g/mol. The highest BCUT2D eigenvalue weighted by Crippen LogP contribution is 2.23. The Kier molecular flexibility index (Phi) is 7.65. The molecule has 0 aromatic heterocycles. The summed E-state index contributed by atoms with van der Waals surface area (Å²) in [5, 5.41) is 7.25. The predicted molar refractivity (Wildman–Crippen MR) is 110 cm³/mol. The van der Waals surface area contributed by atoms with Crippen LogP contribution in [0.25, 0.3) is 0 Å². The van der Waals surface area contributed by atoms with Gasteiger partial charge in [0, 0.05) is 35.8 Å². The summed E-state index contributed by atoms with van der Waals surface area (Å²) in [4.78, 5) is 8.64. The van der Waals surface area contributed by atoms with E-state index >= 15 is 0 Å². The third-order valence-electron chi connectivity index (χ3n) is 4.89. The van der Waals surface area contributed by atoms with Crippen molar-refractivity contribution < 1.29 is 4.74 Å². The molecule has 3 unspecified atom stereocenters. The molecule has 2 aliphatic heterocycles. The number of morpholine rings is 1. The van der Waals surface area contributed by atoms with Crippen molar-refractivity contribution in [2.75, 3.05) is 39.3 Å². The number of aliphatic imine (C=N–C) groups is 1. The van der Waals surface area contributed by atoms with E-state index in [4.69, 9.17) is 9.73 Å². The lowest BCUT2D eigenvalue weighted by molar-refractivity contribution is -0.0453. The van der Waals surface area contributed by atoms with Gasteiger partial charge in [0.2, 0.25) is 0 Å². The standard InChI is InChI=1S/C20H32N4OS/c1-3-21-20(22-12-16(2)26-19-9-5-4-6-10-19)23-13-18-14-24-11-7-8-17(24)15-25-18/h4-6,9-10,16-18H,3,7-8,11-15H2,1-2H3,(H2,21,22,23). The number of hydrogen-bond donors (Lipinski definition) is 2. The Morgan fingerprint density at radius 2 is 2.19 bits per heavy atom. The lowest BCUT2D eigenvalue weighted by Gasteiger charge is -2.35. The zero-order valence-electron chi connectivity index (χ0n) is 16.0. The number of nitrogens with zero attached hydrogens (tertiary/aromatic N) is 2. The molecule has 3 rings (SSSR count). The van der Waals surface area contributed by atoms with Gasteiger partial charge < -0.3 is 15.4 Å². The number of guanidine groups is 1. The van der Waals surface area contributed by atoms with Crippen LogP contribution < -0.4 is 10.6 Å². The van der Waals surface area contributed by atoms with E-state index in [1.54, 1.807) is 0 Å². The van der Waals surface area contributed by atoms with Gasteiger partial charge in [0.05, 0.1) is 19.3 Å². The van der Waals surface area contributed by atoms with Crippen molar-refractivity contribution in [3.8, 4) is 0 Å². The summed E-state index contributed by atoms with van der Waals surface area (Å²) >= 11 is 1.87. The van der Waals surface area contributed by atoms with Crippen LogP contribution in [0.2, 0.25) is 0 Å². The average molecular weight is 377 g/mol. The molecular weight excluding hydrogens is 344 g/mol. The number of ether oxygens (including phenoxy) is 1. The van der Waals surface area contributed by atoms with Gasteiger partial charge in [-0.2, -0.15) is 0 Å². The van der Waals surface area contributed by atoms with E-state index in [2.05, 4.69) is 59.7 Å². The molecule has 144 valence electrons. The van der Waals surface area contributed by atoms with Crippen LogP contribution in [0.1, 0.15) is 26.7 Å². The highest BCUT2D eigenvalue weighted by atomic mass is 32.2. The average Bonchev–Trinajstić information content (AvgIpc) is 3.12. The van der Waals surface area contributed by atoms with Crippen molar-refractivity contribution in [1.29, 1.82) is 0 Å². The van der Waals surface area contributed by atoms with E-state index in [0.717, 1.165) is 38.7 Å². The van der Waals surface area contributed by atoms with Crippen LogP contribution in [0.4, 0.5) is 0 Å². The number of hydrogen-bond acceptors (Lipinski definition) is 4. The molecule has 0 radical (unpaired) electrons. The number of rotatable bonds is 7. The molecule has 2 aliphatic rings. The number of benzene rings is 1. The summed E-state index contributed by atoms with van der Waals surface area (Å²) in [5.74, 6) is 0.889. The van der Waals surface area contributed by atoms with E-state index in [1.165, 1.54) is 24.3 Å². The third kappa shape index (κ3) is 5.89. The van der Waals surface area contributed by atoms with Crippen molar-refractivity contribution in [3.63, 3.8) is 0 Å². The molecule has 0 amide bonds. The van der Waals surface area contributed by atoms with E-state index in [0.29, 0.717) is 11.3 Å². The Morgan fingerprint density at radius 3 is 3.00 bits per heavy atom. The molecule has 2 fully saturated rings. The molecule has 6 heteroatoms. The van der Waals surface area contributed by atoms with Crippen molar-refractivity contribution in [3.05, 3.63) is 30.3 Å². The molecule has 0 bridgehead atoms. The maximum atomic E-state index is 6.03. The van der Waals surface area contributed by atoms with Crippen LogP contribution in [0, 0.1) is 0 Å². The van der Waals surface area contributed by atoms with Crippen molar-refractivity contribution >= 4 is 17.7 Å². The minimum absolute atomic E-state index is 0.254. The molecule has 0 saturated carbocycles. The van der Waals surface area contributed by atoms with Crippen LogP contribution in [0.15, 0.2) is 40.2 Å². The minimum Gasteiger partial charge on any atom is -0.373 e. The summed E-state index contributed by atoms with van der Waals surface area (Å²) in [5.41, 5.74) is 0. The predicted octanol–water partition coefficient (Wildman–Crippen LogP) is 2.59. The largest absolute Gasteiger partial charge is 0.373 e. The molecule has 1 aromatic carbocycles. The first-order valence-electron chi connectivity index (χ1n) is 9.84. The number of thioether (sulfide) groups is 1. The van der Waals surface area contributed by atoms with Gasteiger partial charge >= 0.3 is 0 Å². The Morgan fingerprint density at radius 1 is 1.35 bits per heavy atom. The fraction of sp³-hybridized carbons (Fsp3) is 0.650. The second-order valence-corrected chi connectivity index (χ2v) is 8.60. The van der Waals surface area contributed by atoms with Crippen molar-refractivity contribution in [2.45, 2.75) is 49.0 Å². The molecule has 2 heterocycles. The minimum atomic E-state index is 0.254. The van der Waals surface area contributed by atoms with Gasteiger partial charge in [0.25, 0.3) is 0 Å². The molecule has 5 nitrogen and oxygen atoms in total. The highest BCUT2D eigenvalue weighted by molar-refractivity contribution is 8.00. The fourth-order valence-corrected chi connectivity index (χ4v) is 4.48. The zero-order valence-corrected chi connectivity index (χ0v) is 16.8. The maximum absolute atomic E-state index is 6.03. The lowest BCUT2D eigenvalue weighted by Crippen LogP contribution is -2.51.